The molecule has 0 spiro atoms. The summed E-state index contributed by atoms with van der Waals surface area (Å²) in [7, 11) is -3.82. The Morgan fingerprint density at radius 3 is 2.76 bits per heavy atom. The van der Waals surface area contributed by atoms with Gasteiger partial charge in [-0.25, -0.2) is 8.42 Å². The molecule has 0 saturated carbocycles. The summed E-state index contributed by atoms with van der Waals surface area (Å²) in [5.41, 5.74) is -0.101. The van der Waals surface area contributed by atoms with Crippen LogP contribution in [0.3, 0.4) is 0 Å². The van der Waals surface area contributed by atoms with E-state index >= 15 is 0 Å². The molecule has 1 saturated heterocycles. The van der Waals surface area contributed by atoms with E-state index in [9.17, 15) is 23.3 Å². The number of nitro benzene ring substituents is 1. The largest absolute Gasteiger partial charge is 0.303 e. The van der Waals surface area contributed by atoms with E-state index in [1.165, 1.54) is 29.4 Å². The van der Waals surface area contributed by atoms with E-state index in [0.717, 1.165) is 6.29 Å². The van der Waals surface area contributed by atoms with Gasteiger partial charge in [-0.1, -0.05) is 6.07 Å². The van der Waals surface area contributed by atoms with Crippen molar-refractivity contribution in [1.29, 1.82) is 0 Å². The number of hydrogen-bond acceptors (Lipinski definition) is 5. The van der Waals surface area contributed by atoms with Crippen molar-refractivity contribution >= 4 is 22.0 Å². The fourth-order valence-corrected chi connectivity index (χ4v) is 4.30. The lowest BCUT2D eigenvalue weighted by Gasteiger charge is -2.29. The molecule has 0 amide bonds. The van der Waals surface area contributed by atoms with Gasteiger partial charge in [0.15, 0.2) is 0 Å². The number of sulfonamides is 1. The standard InChI is InChI=1S/C13H16N2O5S/c1-10-12(15(17)18)5-2-6-13(10)21(19,20)14-7-3-4-11(8-14)9-16/h2,5-6,9,11H,3-4,7-8H2,1H3. The highest BCUT2D eigenvalue weighted by atomic mass is 32.2. The molecule has 7 nitrogen and oxygen atoms in total. The van der Waals surface area contributed by atoms with Gasteiger partial charge in [-0.05, 0) is 25.8 Å². The smallest absolute Gasteiger partial charge is 0.273 e. The molecular formula is C13H16N2O5S. The number of rotatable bonds is 4. The molecule has 1 heterocycles. The zero-order valence-corrected chi connectivity index (χ0v) is 12.4. The van der Waals surface area contributed by atoms with Crippen molar-refractivity contribution in [3.63, 3.8) is 0 Å². The Morgan fingerprint density at radius 1 is 1.43 bits per heavy atom. The second kappa shape index (κ2) is 5.90. The summed E-state index contributed by atoms with van der Waals surface area (Å²) in [5, 5.41) is 10.9. The molecule has 0 bridgehead atoms. The first-order valence-corrected chi connectivity index (χ1v) is 8.01. The van der Waals surface area contributed by atoms with Gasteiger partial charge in [-0.2, -0.15) is 4.31 Å². The van der Waals surface area contributed by atoms with Crippen LogP contribution in [-0.2, 0) is 14.8 Å². The summed E-state index contributed by atoms with van der Waals surface area (Å²) in [5.74, 6) is -0.312. The van der Waals surface area contributed by atoms with E-state index in [0.29, 0.717) is 19.4 Å². The molecule has 21 heavy (non-hydrogen) atoms. The van der Waals surface area contributed by atoms with Crippen LogP contribution >= 0.6 is 0 Å². The number of piperidine rings is 1. The molecule has 1 aromatic carbocycles. The molecule has 0 radical (unpaired) electrons. The highest BCUT2D eigenvalue weighted by molar-refractivity contribution is 7.89. The van der Waals surface area contributed by atoms with Crippen molar-refractivity contribution in [2.45, 2.75) is 24.7 Å². The van der Waals surface area contributed by atoms with Gasteiger partial charge < -0.3 is 4.79 Å². The average molecular weight is 312 g/mol. The number of carbonyl (C=O) groups excluding carboxylic acids is 1. The molecule has 1 aromatic rings. The Kier molecular flexibility index (Phi) is 4.38. The topological polar surface area (TPSA) is 97.6 Å². The predicted octanol–water partition coefficient (Wildman–Crippen LogP) is 1.50. The van der Waals surface area contributed by atoms with Crippen molar-refractivity contribution in [2.24, 2.45) is 5.92 Å². The van der Waals surface area contributed by atoms with Gasteiger partial charge >= 0.3 is 0 Å². The van der Waals surface area contributed by atoms with E-state index < -0.39 is 14.9 Å². The van der Waals surface area contributed by atoms with Crippen LogP contribution in [0.4, 0.5) is 5.69 Å². The third-order valence-corrected chi connectivity index (χ3v) is 5.69. The minimum Gasteiger partial charge on any atom is -0.303 e. The predicted molar refractivity (Wildman–Crippen MR) is 75.4 cm³/mol. The van der Waals surface area contributed by atoms with E-state index in [4.69, 9.17) is 0 Å². The lowest BCUT2D eigenvalue weighted by molar-refractivity contribution is -0.385. The third kappa shape index (κ3) is 2.96. The van der Waals surface area contributed by atoms with Gasteiger partial charge in [0, 0.05) is 30.6 Å². The number of nitro groups is 1. The Labute approximate surface area is 122 Å². The molecule has 1 aliphatic rings. The Bertz CT molecular complexity index is 671. The Balaban J connectivity index is 2.42. The van der Waals surface area contributed by atoms with Gasteiger partial charge in [0.2, 0.25) is 10.0 Å². The summed E-state index contributed by atoms with van der Waals surface area (Å²) < 4.78 is 26.5. The monoisotopic (exact) mass is 312 g/mol. The van der Waals surface area contributed by atoms with Crippen LogP contribution in [0.1, 0.15) is 18.4 Å². The van der Waals surface area contributed by atoms with Crippen LogP contribution in [0.25, 0.3) is 0 Å². The maximum absolute atomic E-state index is 12.6. The Hall–Kier alpha value is -1.80. The molecule has 114 valence electrons. The van der Waals surface area contributed by atoms with Crippen molar-refractivity contribution in [2.75, 3.05) is 13.1 Å². The average Bonchev–Trinajstić information content (AvgIpc) is 2.47. The zero-order chi connectivity index (χ0) is 15.6. The van der Waals surface area contributed by atoms with Gasteiger partial charge in [-0.3, -0.25) is 10.1 Å². The number of aldehydes is 1. The van der Waals surface area contributed by atoms with Gasteiger partial charge in [0.05, 0.1) is 9.82 Å². The second-order valence-corrected chi connectivity index (χ2v) is 6.97. The number of nitrogens with zero attached hydrogens (tertiary/aromatic N) is 2. The second-order valence-electron chi connectivity index (χ2n) is 5.06. The maximum atomic E-state index is 12.6. The van der Waals surface area contributed by atoms with Crippen LogP contribution in [0.15, 0.2) is 23.1 Å². The highest BCUT2D eigenvalue weighted by Crippen LogP contribution is 2.29. The quantitative estimate of drug-likeness (QED) is 0.477. The summed E-state index contributed by atoms with van der Waals surface area (Å²) in [6, 6.07) is 4.00. The zero-order valence-electron chi connectivity index (χ0n) is 11.6. The fourth-order valence-electron chi connectivity index (χ4n) is 2.52. The SMILES string of the molecule is Cc1c([N+](=O)[O-])cccc1S(=O)(=O)N1CCCC(C=O)C1. The normalized spacial score (nSPS) is 20.1. The van der Waals surface area contributed by atoms with Crippen molar-refractivity contribution in [3.05, 3.63) is 33.9 Å². The minimum atomic E-state index is -3.82. The van der Waals surface area contributed by atoms with Crippen LogP contribution in [0, 0.1) is 23.0 Å². The first-order valence-electron chi connectivity index (χ1n) is 6.57. The molecule has 8 heteroatoms. The summed E-state index contributed by atoms with van der Waals surface area (Å²) in [4.78, 5) is 21.1. The van der Waals surface area contributed by atoms with Crippen molar-refractivity contribution < 1.29 is 18.1 Å². The molecule has 1 fully saturated rings. The van der Waals surface area contributed by atoms with Crippen LogP contribution < -0.4 is 0 Å². The lowest BCUT2D eigenvalue weighted by Crippen LogP contribution is -2.40. The van der Waals surface area contributed by atoms with Gasteiger partial charge in [0.1, 0.15) is 6.29 Å². The van der Waals surface area contributed by atoms with E-state index in [2.05, 4.69) is 0 Å². The molecule has 1 atom stereocenters. The molecule has 1 unspecified atom stereocenters. The third-order valence-electron chi connectivity index (χ3n) is 3.68. The fraction of sp³-hybridized carbons (Fsp3) is 0.462. The summed E-state index contributed by atoms with van der Waals surface area (Å²) in [6.45, 7) is 1.88. The van der Waals surface area contributed by atoms with Crippen LogP contribution in [-0.4, -0.2) is 37.0 Å². The molecule has 2 rings (SSSR count). The minimum absolute atomic E-state index is 0.0664. The van der Waals surface area contributed by atoms with Crippen LogP contribution in [0.5, 0.6) is 0 Å². The molecule has 0 aromatic heterocycles. The van der Waals surface area contributed by atoms with Crippen LogP contribution in [0.2, 0.25) is 0 Å². The van der Waals surface area contributed by atoms with Crippen molar-refractivity contribution in [3.8, 4) is 0 Å². The van der Waals surface area contributed by atoms with E-state index in [1.807, 2.05) is 0 Å². The summed E-state index contributed by atoms with van der Waals surface area (Å²) >= 11 is 0. The van der Waals surface area contributed by atoms with Crippen molar-refractivity contribution in [1.82, 2.24) is 4.31 Å². The highest BCUT2D eigenvalue weighted by Gasteiger charge is 2.32. The number of hydrogen-bond donors (Lipinski definition) is 0. The molecule has 0 N–H and O–H groups in total. The maximum Gasteiger partial charge on any atom is 0.273 e. The first-order chi connectivity index (χ1) is 9.87. The molecule has 1 aliphatic heterocycles. The number of benzene rings is 1. The van der Waals surface area contributed by atoms with Gasteiger partial charge in [-0.15, -0.1) is 0 Å². The number of carbonyl (C=O) groups is 1. The van der Waals surface area contributed by atoms with Gasteiger partial charge in [0.25, 0.3) is 5.69 Å². The van der Waals surface area contributed by atoms with E-state index in [-0.39, 0.29) is 28.6 Å². The Morgan fingerprint density at radius 2 is 2.14 bits per heavy atom. The summed E-state index contributed by atoms with van der Waals surface area (Å²) in [6.07, 6.45) is 2.04. The molecule has 0 aliphatic carbocycles. The van der Waals surface area contributed by atoms with E-state index in [1.54, 1.807) is 0 Å². The first kappa shape index (κ1) is 15.6. The molecular weight excluding hydrogens is 296 g/mol. The lowest BCUT2D eigenvalue weighted by atomic mass is 10.0.